The molecule has 0 bridgehead atoms. The zero-order valence-corrected chi connectivity index (χ0v) is 16.2. The van der Waals surface area contributed by atoms with Crippen LogP contribution in [0.1, 0.15) is 12.8 Å². The molecule has 1 amide bonds. The van der Waals surface area contributed by atoms with Crippen molar-refractivity contribution in [1.29, 1.82) is 0 Å². The molecule has 5 nitrogen and oxygen atoms in total. The summed E-state index contributed by atoms with van der Waals surface area (Å²) < 4.78 is 64.1. The Bertz CT molecular complexity index is 780. The summed E-state index contributed by atoms with van der Waals surface area (Å²) in [4.78, 5) is 14.0. The van der Waals surface area contributed by atoms with Crippen LogP contribution in [-0.4, -0.2) is 59.8 Å². The van der Waals surface area contributed by atoms with Gasteiger partial charge in [0.25, 0.3) is 0 Å². The van der Waals surface area contributed by atoms with Crippen LogP contribution < -0.4 is 0 Å². The second kappa shape index (κ2) is 7.25. The Morgan fingerprint density at radius 3 is 2.42 bits per heavy atom. The lowest BCUT2D eigenvalue weighted by Crippen LogP contribution is -2.48. The van der Waals surface area contributed by atoms with E-state index in [2.05, 4.69) is 0 Å². The molecule has 3 rings (SSSR count). The number of nitrogens with zero attached hydrogens (tertiary/aromatic N) is 2. The fourth-order valence-corrected chi connectivity index (χ4v) is 6.36. The van der Waals surface area contributed by atoms with Crippen molar-refractivity contribution in [2.24, 2.45) is 0 Å². The smallest absolute Gasteiger partial charge is 0.341 e. The summed E-state index contributed by atoms with van der Waals surface area (Å²) >= 11 is 1.05. The number of hydrogen-bond donors (Lipinski definition) is 0. The van der Waals surface area contributed by atoms with E-state index in [-0.39, 0.29) is 39.4 Å². The standard InChI is InChI=1S/C15H17F3N2O3S3/c1-19(10-2-3-10)14(21)13-8-24-9-20(13)26(22,23)12-6-4-11(5-7-12)25-15(16,17)18/h4-7,10,13H,2-3,8-9H2,1H3. The van der Waals surface area contributed by atoms with Gasteiger partial charge in [-0.1, -0.05) is 0 Å². The maximum Gasteiger partial charge on any atom is 0.446 e. The summed E-state index contributed by atoms with van der Waals surface area (Å²) in [7, 11) is -2.28. The van der Waals surface area contributed by atoms with E-state index in [4.69, 9.17) is 0 Å². The lowest BCUT2D eigenvalue weighted by atomic mass is 10.3. The predicted molar refractivity (Wildman–Crippen MR) is 94.3 cm³/mol. The molecule has 1 unspecified atom stereocenters. The minimum atomic E-state index is -4.43. The molecule has 2 aliphatic rings. The summed E-state index contributed by atoms with van der Waals surface area (Å²) in [5.41, 5.74) is -4.43. The summed E-state index contributed by atoms with van der Waals surface area (Å²) in [5.74, 6) is 0.290. The Morgan fingerprint density at radius 1 is 1.27 bits per heavy atom. The molecule has 2 fully saturated rings. The van der Waals surface area contributed by atoms with E-state index in [0.29, 0.717) is 5.75 Å². The molecular formula is C15H17F3N2O3S3. The van der Waals surface area contributed by atoms with Crippen molar-refractivity contribution in [2.45, 2.75) is 40.2 Å². The van der Waals surface area contributed by atoms with Gasteiger partial charge in [0.15, 0.2) is 0 Å². The number of alkyl halides is 3. The molecule has 1 atom stereocenters. The van der Waals surface area contributed by atoms with E-state index in [1.807, 2.05) is 0 Å². The second-order valence-corrected chi connectivity index (χ2v) is 10.1. The molecule has 1 saturated carbocycles. The molecule has 1 aromatic carbocycles. The normalized spacial score (nSPS) is 21.8. The molecule has 0 spiro atoms. The van der Waals surface area contributed by atoms with E-state index in [1.54, 1.807) is 11.9 Å². The maximum absolute atomic E-state index is 12.9. The van der Waals surface area contributed by atoms with Crippen LogP contribution in [0.3, 0.4) is 0 Å². The highest BCUT2D eigenvalue weighted by molar-refractivity contribution is 8.01. The van der Waals surface area contributed by atoms with Gasteiger partial charge >= 0.3 is 5.51 Å². The number of carbonyl (C=O) groups is 1. The number of amides is 1. The Kier molecular flexibility index (Phi) is 5.53. The molecule has 144 valence electrons. The van der Waals surface area contributed by atoms with Crippen LogP contribution in [0, 0.1) is 0 Å². The van der Waals surface area contributed by atoms with Gasteiger partial charge in [-0.3, -0.25) is 4.79 Å². The van der Waals surface area contributed by atoms with E-state index < -0.39 is 21.6 Å². The highest BCUT2D eigenvalue weighted by Gasteiger charge is 2.43. The molecule has 0 radical (unpaired) electrons. The Morgan fingerprint density at radius 2 is 1.88 bits per heavy atom. The molecule has 1 heterocycles. The lowest BCUT2D eigenvalue weighted by molar-refractivity contribution is -0.133. The van der Waals surface area contributed by atoms with Crippen LogP contribution in [0.15, 0.2) is 34.1 Å². The van der Waals surface area contributed by atoms with Gasteiger partial charge < -0.3 is 4.90 Å². The van der Waals surface area contributed by atoms with Crippen molar-refractivity contribution in [3.63, 3.8) is 0 Å². The lowest BCUT2D eigenvalue weighted by Gasteiger charge is -2.26. The van der Waals surface area contributed by atoms with Gasteiger partial charge in [-0.25, -0.2) is 8.42 Å². The number of carbonyl (C=O) groups excluding carboxylic acids is 1. The Labute approximate surface area is 158 Å². The Balaban J connectivity index is 1.79. The van der Waals surface area contributed by atoms with Gasteiger partial charge in [0.05, 0.1) is 10.8 Å². The van der Waals surface area contributed by atoms with E-state index in [9.17, 15) is 26.4 Å². The van der Waals surface area contributed by atoms with Crippen molar-refractivity contribution in [2.75, 3.05) is 18.7 Å². The molecular weight excluding hydrogens is 409 g/mol. The first-order valence-corrected chi connectivity index (χ1v) is 11.2. The third kappa shape index (κ3) is 4.32. The van der Waals surface area contributed by atoms with Gasteiger partial charge in [-0.2, -0.15) is 17.5 Å². The highest BCUT2D eigenvalue weighted by Crippen LogP contribution is 2.38. The number of thioether (sulfide) groups is 2. The first-order valence-electron chi connectivity index (χ1n) is 7.81. The molecule has 26 heavy (non-hydrogen) atoms. The van der Waals surface area contributed by atoms with Crippen LogP contribution >= 0.6 is 23.5 Å². The largest absolute Gasteiger partial charge is 0.446 e. The number of halogens is 3. The van der Waals surface area contributed by atoms with Crippen LogP contribution in [-0.2, 0) is 14.8 Å². The zero-order chi connectivity index (χ0) is 19.1. The van der Waals surface area contributed by atoms with Crippen molar-refractivity contribution in [3.05, 3.63) is 24.3 Å². The Hall–Kier alpha value is -0.910. The summed E-state index contributed by atoms with van der Waals surface area (Å²) in [6.07, 6.45) is 1.85. The van der Waals surface area contributed by atoms with Crippen LogP contribution in [0.5, 0.6) is 0 Å². The number of sulfonamides is 1. The molecule has 11 heteroatoms. The monoisotopic (exact) mass is 426 g/mol. The van der Waals surface area contributed by atoms with Gasteiger partial charge in [-0.05, 0) is 48.9 Å². The van der Waals surface area contributed by atoms with Crippen LogP contribution in [0.4, 0.5) is 13.2 Å². The first kappa shape index (κ1) is 19.8. The molecule has 1 aliphatic heterocycles. The third-order valence-electron chi connectivity index (χ3n) is 4.23. The minimum Gasteiger partial charge on any atom is -0.341 e. The van der Waals surface area contributed by atoms with Crippen molar-refractivity contribution >= 4 is 39.5 Å². The van der Waals surface area contributed by atoms with E-state index in [0.717, 1.165) is 41.4 Å². The first-order chi connectivity index (χ1) is 12.1. The van der Waals surface area contributed by atoms with Crippen molar-refractivity contribution < 1.29 is 26.4 Å². The minimum absolute atomic E-state index is 0.0895. The molecule has 0 aromatic heterocycles. The average Bonchev–Trinajstić information content (AvgIpc) is 3.28. The summed E-state index contributed by atoms with van der Waals surface area (Å²) in [6, 6.07) is 3.95. The topological polar surface area (TPSA) is 57.7 Å². The number of hydrogen-bond acceptors (Lipinski definition) is 5. The van der Waals surface area contributed by atoms with Gasteiger partial charge in [-0.15, -0.1) is 11.8 Å². The van der Waals surface area contributed by atoms with Gasteiger partial charge in [0.1, 0.15) is 6.04 Å². The van der Waals surface area contributed by atoms with Crippen molar-refractivity contribution in [3.8, 4) is 0 Å². The number of likely N-dealkylation sites (N-methyl/N-ethyl adjacent to an activating group) is 1. The fraction of sp³-hybridized carbons (Fsp3) is 0.533. The summed E-state index contributed by atoms with van der Waals surface area (Å²) in [6.45, 7) is 0. The quantitative estimate of drug-likeness (QED) is 0.678. The van der Waals surface area contributed by atoms with Crippen LogP contribution in [0.25, 0.3) is 0 Å². The molecule has 1 aliphatic carbocycles. The highest BCUT2D eigenvalue weighted by atomic mass is 32.2. The second-order valence-electron chi connectivity index (χ2n) is 6.11. The third-order valence-corrected chi connectivity index (χ3v) is 8.02. The van der Waals surface area contributed by atoms with E-state index in [1.165, 1.54) is 11.8 Å². The van der Waals surface area contributed by atoms with E-state index >= 15 is 0 Å². The van der Waals surface area contributed by atoms with Crippen molar-refractivity contribution in [1.82, 2.24) is 9.21 Å². The molecule has 0 N–H and O–H groups in total. The van der Waals surface area contributed by atoms with Crippen LogP contribution in [0.2, 0.25) is 0 Å². The summed E-state index contributed by atoms with van der Waals surface area (Å²) in [5, 5.41) is 0. The fourth-order valence-electron chi connectivity index (χ4n) is 2.68. The van der Waals surface area contributed by atoms with Gasteiger partial charge in [0, 0.05) is 23.7 Å². The SMILES string of the molecule is CN(C(=O)C1CSCN1S(=O)(=O)c1ccc(SC(F)(F)F)cc1)C1CC1. The molecule has 1 aromatic rings. The maximum atomic E-state index is 12.9. The van der Waals surface area contributed by atoms with Gasteiger partial charge in [0.2, 0.25) is 15.9 Å². The molecule has 1 saturated heterocycles. The number of rotatable bonds is 5. The predicted octanol–water partition coefficient (Wildman–Crippen LogP) is 2.98. The number of benzene rings is 1. The average molecular weight is 427 g/mol. The zero-order valence-electron chi connectivity index (χ0n) is 13.8.